The summed E-state index contributed by atoms with van der Waals surface area (Å²) in [5.41, 5.74) is 1.07. The van der Waals surface area contributed by atoms with Crippen molar-refractivity contribution in [3.8, 4) is 0 Å². The van der Waals surface area contributed by atoms with Gasteiger partial charge in [0.2, 0.25) is 5.91 Å². The van der Waals surface area contributed by atoms with Crippen molar-refractivity contribution in [2.24, 2.45) is 5.92 Å². The highest BCUT2D eigenvalue weighted by Crippen LogP contribution is 2.30. The van der Waals surface area contributed by atoms with Gasteiger partial charge in [-0.1, -0.05) is 11.6 Å². The minimum atomic E-state index is -0.975. The molecule has 5 nitrogen and oxygen atoms in total. The van der Waals surface area contributed by atoms with Crippen molar-refractivity contribution in [2.45, 2.75) is 19.8 Å². The van der Waals surface area contributed by atoms with Gasteiger partial charge in [0.25, 0.3) is 0 Å². The molecule has 1 amide bonds. The Bertz CT molecular complexity index is 540. The molecule has 0 aliphatic carbocycles. The third-order valence-electron chi connectivity index (χ3n) is 3.79. The zero-order valence-corrected chi connectivity index (χ0v) is 12.7. The van der Waals surface area contributed by atoms with Crippen LogP contribution >= 0.6 is 11.6 Å². The number of piperidine rings is 1. The summed E-state index contributed by atoms with van der Waals surface area (Å²) >= 11 is 6.18. The first-order valence-electron chi connectivity index (χ1n) is 6.99. The molecule has 2 N–H and O–H groups in total. The molecule has 114 valence electrons. The van der Waals surface area contributed by atoms with Crippen molar-refractivity contribution in [3.05, 3.63) is 28.8 Å². The molecule has 1 aliphatic rings. The van der Waals surface area contributed by atoms with E-state index in [9.17, 15) is 9.59 Å². The van der Waals surface area contributed by atoms with Crippen molar-refractivity contribution < 1.29 is 14.7 Å². The van der Waals surface area contributed by atoms with Gasteiger partial charge in [-0.2, -0.15) is 0 Å². The Morgan fingerprint density at radius 3 is 2.57 bits per heavy atom. The summed E-state index contributed by atoms with van der Waals surface area (Å²) in [4.78, 5) is 24.0. The van der Waals surface area contributed by atoms with Gasteiger partial charge in [0.05, 0.1) is 16.3 Å². The monoisotopic (exact) mass is 310 g/mol. The molecular formula is C15H19ClN2O3. The number of anilines is 1. The molecule has 0 aromatic heterocycles. The molecule has 0 atom stereocenters. The number of carbonyl (C=O) groups excluding carboxylic acids is 1. The van der Waals surface area contributed by atoms with E-state index in [4.69, 9.17) is 16.7 Å². The van der Waals surface area contributed by atoms with Crippen LogP contribution in [-0.4, -0.2) is 36.6 Å². The zero-order valence-electron chi connectivity index (χ0n) is 11.9. The number of hydrogen-bond acceptors (Lipinski definition) is 3. The van der Waals surface area contributed by atoms with E-state index in [2.05, 4.69) is 10.2 Å². The van der Waals surface area contributed by atoms with Gasteiger partial charge in [-0.25, -0.2) is 4.79 Å². The largest absolute Gasteiger partial charge is 0.478 e. The molecule has 0 unspecified atom stereocenters. The van der Waals surface area contributed by atoms with Crippen molar-refractivity contribution in [1.29, 1.82) is 0 Å². The molecule has 0 spiro atoms. The number of aromatic carboxylic acids is 1. The Labute approximate surface area is 128 Å². The van der Waals surface area contributed by atoms with Crippen LogP contribution in [0.1, 0.15) is 30.1 Å². The molecule has 1 aromatic rings. The second-order valence-electron chi connectivity index (χ2n) is 5.34. The van der Waals surface area contributed by atoms with Crippen LogP contribution < -0.4 is 10.2 Å². The molecule has 1 aromatic carbocycles. The number of rotatable bonds is 4. The second kappa shape index (κ2) is 6.80. The third kappa shape index (κ3) is 4.11. The van der Waals surface area contributed by atoms with Gasteiger partial charge in [-0.05, 0) is 37.0 Å². The van der Waals surface area contributed by atoms with Crippen molar-refractivity contribution in [1.82, 2.24) is 5.32 Å². The topological polar surface area (TPSA) is 69.6 Å². The maximum absolute atomic E-state index is 10.9. The van der Waals surface area contributed by atoms with Crippen LogP contribution in [0.2, 0.25) is 5.02 Å². The number of halogens is 1. The summed E-state index contributed by atoms with van der Waals surface area (Å²) in [5, 5.41) is 12.3. The van der Waals surface area contributed by atoms with E-state index < -0.39 is 5.97 Å². The summed E-state index contributed by atoms with van der Waals surface area (Å²) < 4.78 is 0. The fourth-order valence-electron chi connectivity index (χ4n) is 2.56. The molecular weight excluding hydrogens is 292 g/mol. The molecule has 0 radical (unpaired) electrons. The van der Waals surface area contributed by atoms with Crippen LogP contribution in [0.4, 0.5) is 5.69 Å². The van der Waals surface area contributed by atoms with Crippen molar-refractivity contribution in [3.63, 3.8) is 0 Å². The SMILES string of the molecule is CC(=O)NCC1CCN(c2ccc(C(=O)O)cc2Cl)CC1. The number of benzene rings is 1. The highest BCUT2D eigenvalue weighted by molar-refractivity contribution is 6.33. The zero-order chi connectivity index (χ0) is 15.4. The third-order valence-corrected chi connectivity index (χ3v) is 4.09. The van der Waals surface area contributed by atoms with Gasteiger partial charge in [-0.3, -0.25) is 4.79 Å². The lowest BCUT2D eigenvalue weighted by Gasteiger charge is -2.34. The Hall–Kier alpha value is -1.75. The Balaban J connectivity index is 1.96. The molecule has 0 saturated carbocycles. The predicted octanol–water partition coefficient (Wildman–Crippen LogP) is 2.39. The normalized spacial score (nSPS) is 15.8. The molecule has 1 fully saturated rings. The van der Waals surface area contributed by atoms with E-state index in [1.54, 1.807) is 12.1 Å². The number of amides is 1. The molecule has 1 heterocycles. The molecule has 1 aliphatic heterocycles. The van der Waals surface area contributed by atoms with E-state index in [-0.39, 0.29) is 11.5 Å². The summed E-state index contributed by atoms with van der Waals surface area (Å²) in [7, 11) is 0. The number of carbonyl (C=O) groups is 2. The summed E-state index contributed by atoms with van der Waals surface area (Å²) in [6.45, 7) is 3.96. The minimum Gasteiger partial charge on any atom is -0.478 e. The average Bonchev–Trinajstić information content (AvgIpc) is 2.45. The first kappa shape index (κ1) is 15.6. The first-order chi connectivity index (χ1) is 9.97. The lowest BCUT2D eigenvalue weighted by atomic mass is 9.96. The van der Waals surface area contributed by atoms with Gasteiger partial charge in [0, 0.05) is 26.6 Å². The molecule has 21 heavy (non-hydrogen) atoms. The molecule has 1 saturated heterocycles. The number of hydrogen-bond donors (Lipinski definition) is 2. The highest BCUT2D eigenvalue weighted by Gasteiger charge is 2.21. The summed E-state index contributed by atoms with van der Waals surface area (Å²) in [5.74, 6) is -0.482. The van der Waals surface area contributed by atoms with E-state index >= 15 is 0 Å². The van der Waals surface area contributed by atoms with Crippen LogP contribution in [0.15, 0.2) is 18.2 Å². The van der Waals surface area contributed by atoms with Gasteiger partial charge in [0.15, 0.2) is 0 Å². The van der Waals surface area contributed by atoms with E-state index in [1.165, 1.54) is 13.0 Å². The fraction of sp³-hybridized carbons (Fsp3) is 0.467. The van der Waals surface area contributed by atoms with E-state index in [0.29, 0.717) is 10.9 Å². The fourth-order valence-corrected chi connectivity index (χ4v) is 2.86. The number of carboxylic acid groups (broad SMARTS) is 1. The summed E-state index contributed by atoms with van der Waals surface area (Å²) in [6.07, 6.45) is 1.97. The van der Waals surface area contributed by atoms with Crippen molar-refractivity contribution in [2.75, 3.05) is 24.5 Å². The minimum absolute atomic E-state index is 0.00438. The Morgan fingerprint density at radius 2 is 2.05 bits per heavy atom. The van der Waals surface area contributed by atoms with Gasteiger partial charge < -0.3 is 15.3 Å². The average molecular weight is 311 g/mol. The lowest BCUT2D eigenvalue weighted by Crippen LogP contribution is -2.38. The maximum Gasteiger partial charge on any atom is 0.335 e. The molecule has 2 rings (SSSR count). The van der Waals surface area contributed by atoms with Gasteiger partial charge >= 0.3 is 5.97 Å². The Morgan fingerprint density at radius 1 is 1.38 bits per heavy atom. The smallest absolute Gasteiger partial charge is 0.335 e. The van der Waals surface area contributed by atoms with E-state index in [1.807, 2.05) is 0 Å². The van der Waals surface area contributed by atoms with Crippen LogP contribution in [0.3, 0.4) is 0 Å². The lowest BCUT2D eigenvalue weighted by molar-refractivity contribution is -0.119. The van der Waals surface area contributed by atoms with Crippen molar-refractivity contribution >= 4 is 29.2 Å². The second-order valence-corrected chi connectivity index (χ2v) is 5.75. The number of nitrogens with zero attached hydrogens (tertiary/aromatic N) is 1. The Kier molecular flexibility index (Phi) is 5.07. The van der Waals surface area contributed by atoms with Crippen LogP contribution in [-0.2, 0) is 4.79 Å². The maximum atomic E-state index is 10.9. The van der Waals surface area contributed by atoms with Crippen LogP contribution in [0, 0.1) is 5.92 Å². The van der Waals surface area contributed by atoms with Gasteiger partial charge in [0.1, 0.15) is 0 Å². The van der Waals surface area contributed by atoms with Crippen LogP contribution in [0.5, 0.6) is 0 Å². The molecule has 6 heteroatoms. The quantitative estimate of drug-likeness (QED) is 0.896. The number of carboxylic acids is 1. The van der Waals surface area contributed by atoms with Gasteiger partial charge in [-0.15, -0.1) is 0 Å². The summed E-state index contributed by atoms with van der Waals surface area (Å²) in [6, 6.07) is 4.83. The molecule has 0 bridgehead atoms. The van der Waals surface area contributed by atoms with Crippen LogP contribution in [0.25, 0.3) is 0 Å². The highest BCUT2D eigenvalue weighted by atomic mass is 35.5. The first-order valence-corrected chi connectivity index (χ1v) is 7.37. The standard InChI is InChI=1S/C15H19ClN2O3/c1-10(19)17-9-11-4-6-18(7-5-11)14-3-2-12(15(20)21)8-13(14)16/h2-3,8,11H,4-7,9H2,1H3,(H,17,19)(H,20,21). The predicted molar refractivity (Wildman–Crippen MR) is 82.0 cm³/mol. The van der Waals surface area contributed by atoms with E-state index in [0.717, 1.165) is 38.2 Å². The number of nitrogens with one attached hydrogen (secondary N) is 1.